The van der Waals surface area contributed by atoms with Gasteiger partial charge in [-0.25, -0.2) is 0 Å². The van der Waals surface area contributed by atoms with Crippen LogP contribution in [0.4, 0.5) is 13.2 Å². The van der Waals surface area contributed by atoms with Gasteiger partial charge in [0.1, 0.15) is 0 Å². The van der Waals surface area contributed by atoms with E-state index in [0.29, 0.717) is 13.1 Å². The van der Waals surface area contributed by atoms with E-state index in [2.05, 4.69) is 17.0 Å². The van der Waals surface area contributed by atoms with Gasteiger partial charge in [0.25, 0.3) is 0 Å². The standard InChI is InChI=1S/C15H19F3N2O/c16-15(17,18)14(21)6-7-19-8-10-20(11-9-19)12-13-4-2-1-3-5-13/h1-7,14,21H,8-12H2/b7-6+. The van der Waals surface area contributed by atoms with Crippen molar-refractivity contribution in [1.82, 2.24) is 9.80 Å². The highest BCUT2D eigenvalue weighted by Crippen LogP contribution is 2.21. The molecule has 0 aliphatic carbocycles. The minimum absolute atomic E-state index is 0.661. The van der Waals surface area contributed by atoms with Crippen molar-refractivity contribution in [2.75, 3.05) is 26.2 Å². The van der Waals surface area contributed by atoms with Crippen molar-refractivity contribution in [2.24, 2.45) is 0 Å². The maximum Gasteiger partial charge on any atom is 0.418 e. The first-order chi connectivity index (χ1) is 9.95. The van der Waals surface area contributed by atoms with Crippen LogP contribution in [0, 0.1) is 0 Å². The summed E-state index contributed by atoms with van der Waals surface area (Å²) in [5.74, 6) is 0. The van der Waals surface area contributed by atoms with Gasteiger partial charge in [-0.05, 0) is 17.8 Å². The Balaban J connectivity index is 1.77. The second-order valence-corrected chi connectivity index (χ2v) is 5.13. The molecule has 1 N–H and O–H groups in total. The van der Waals surface area contributed by atoms with Gasteiger partial charge < -0.3 is 10.0 Å². The lowest BCUT2D eigenvalue weighted by molar-refractivity contribution is -0.188. The molecule has 1 saturated heterocycles. The second-order valence-electron chi connectivity index (χ2n) is 5.13. The minimum atomic E-state index is -4.59. The van der Waals surface area contributed by atoms with Gasteiger partial charge in [-0.3, -0.25) is 4.90 Å². The maximum absolute atomic E-state index is 12.2. The first kappa shape index (κ1) is 15.9. The van der Waals surface area contributed by atoms with Crippen molar-refractivity contribution in [3.63, 3.8) is 0 Å². The largest absolute Gasteiger partial charge is 0.418 e. The molecule has 0 spiro atoms. The first-order valence-corrected chi connectivity index (χ1v) is 6.88. The molecule has 0 amide bonds. The van der Waals surface area contributed by atoms with Crippen LogP contribution in [0.1, 0.15) is 5.56 Å². The molecule has 1 heterocycles. The van der Waals surface area contributed by atoms with Crippen LogP contribution in [0.2, 0.25) is 0 Å². The summed E-state index contributed by atoms with van der Waals surface area (Å²) in [5, 5.41) is 8.91. The van der Waals surface area contributed by atoms with Crippen molar-refractivity contribution in [3.8, 4) is 0 Å². The molecule has 0 aromatic heterocycles. The third-order valence-electron chi connectivity index (χ3n) is 3.47. The summed E-state index contributed by atoms with van der Waals surface area (Å²) < 4.78 is 36.5. The first-order valence-electron chi connectivity index (χ1n) is 6.88. The maximum atomic E-state index is 12.2. The fourth-order valence-electron chi connectivity index (χ4n) is 2.22. The Kier molecular flexibility index (Phi) is 5.25. The Bertz CT molecular complexity index is 454. The SMILES string of the molecule is OC(/C=C/N1CCN(Cc2ccccc2)CC1)C(F)(F)F. The van der Waals surface area contributed by atoms with Gasteiger partial charge in [-0.15, -0.1) is 0 Å². The van der Waals surface area contributed by atoms with E-state index >= 15 is 0 Å². The molecule has 116 valence electrons. The predicted octanol–water partition coefficient (Wildman–Crippen LogP) is 2.24. The summed E-state index contributed by atoms with van der Waals surface area (Å²) in [6, 6.07) is 10.1. The Morgan fingerprint density at radius 1 is 1.10 bits per heavy atom. The van der Waals surface area contributed by atoms with E-state index in [0.717, 1.165) is 25.7 Å². The van der Waals surface area contributed by atoms with Crippen molar-refractivity contribution in [3.05, 3.63) is 48.2 Å². The van der Waals surface area contributed by atoms with Gasteiger partial charge >= 0.3 is 6.18 Å². The number of benzene rings is 1. The number of aliphatic hydroxyl groups is 1. The molecule has 21 heavy (non-hydrogen) atoms. The highest BCUT2D eigenvalue weighted by molar-refractivity contribution is 5.14. The summed E-state index contributed by atoms with van der Waals surface area (Å²) in [6.07, 6.45) is -4.84. The lowest BCUT2D eigenvalue weighted by Gasteiger charge is -2.34. The number of hydrogen-bond donors (Lipinski definition) is 1. The average molecular weight is 300 g/mol. The zero-order valence-electron chi connectivity index (χ0n) is 11.6. The Morgan fingerprint density at radius 3 is 2.29 bits per heavy atom. The summed E-state index contributed by atoms with van der Waals surface area (Å²) in [6.45, 7) is 3.76. The summed E-state index contributed by atoms with van der Waals surface area (Å²) in [4.78, 5) is 4.07. The smallest absolute Gasteiger partial charge is 0.380 e. The molecule has 1 aromatic rings. The lowest BCUT2D eigenvalue weighted by atomic mass is 10.2. The normalized spacial score (nSPS) is 19.1. The molecule has 1 aliphatic rings. The molecule has 1 unspecified atom stereocenters. The highest BCUT2D eigenvalue weighted by atomic mass is 19.4. The van der Waals surface area contributed by atoms with Gasteiger partial charge in [-0.2, -0.15) is 13.2 Å². The molecule has 0 bridgehead atoms. The quantitative estimate of drug-likeness (QED) is 0.924. The monoisotopic (exact) mass is 300 g/mol. The van der Waals surface area contributed by atoms with E-state index in [-0.39, 0.29) is 0 Å². The number of alkyl halides is 3. The predicted molar refractivity (Wildman–Crippen MR) is 74.5 cm³/mol. The molecule has 2 rings (SSSR count). The summed E-state index contributed by atoms with van der Waals surface area (Å²) in [5.41, 5.74) is 1.23. The van der Waals surface area contributed by atoms with Crippen LogP contribution in [0.25, 0.3) is 0 Å². The molecule has 1 fully saturated rings. The molecule has 6 heteroatoms. The minimum Gasteiger partial charge on any atom is -0.380 e. The topological polar surface area (TPSA) is 26.7 Å². The molecule has 0 radical (unpaired) electrons. The van der Waals surface area contributed by atoms with Crippen LogP contribution < -0.4 is 0 Å². The molecule has 1 aliphatic heterocycles. The fraction of sp³-hybridized carbons (Fsp3) is 0.467. The van der Waals surface area contributed by atoms with Crippen LogP contribution in [0.5, 0.6) is 0 Å². The van der Waals surface area contributed by atoms with E-state index in [1.807, 2.05) is 18.2 Å². The number of hydrogen-bond acceptors (Lipinski definition) is 3. The van der Waals surface area contributed by atoms with E-state index in [9.17, 15) is 13.2 Å². The van der Waals surface area contributed by atoms with E-state index < -0.39 is 12.3 Å². The lowest BCUT2D eigenvalue weighted by Crippen LogP contribution is -2.43. The van der Waals surface area contributed by atoms with Crippen molar-refractivity contribution >= 4 is 0 Å². The fourth-order valence-corrected chi connectivity index (χ4v) is 2.22. The van der Waals surface area contributed by atoms with E-state index in [1.165, 1.54) is 11.8 Å². The highest BCUT2D eigenvalue weighted by Gasteiger charge is 2.36. The van der Waals surface area contributed by atoms with Gasteiger partial charge in [-0.1, -0.05) is 30.3 Å². The van der Waals surface area contributed by atoms with Crippen LogP contribution >= 0.6 is 0 Å². The van der Waals surface area contributed by atoms with Crippen molar-refractivity contribution < 1.29 is 18.3 Å². The third-order valence-corrected chi connectivity index (χ3v) is 3.47. The Hall–Kier alpha value is -1.53. The van der Waals surface area contributed by atoms with Crippen LogP contribution in [0.15, 0.2) is 42.6 Å². The van der Waals surface area contributed by atoms with Gasteiger partial charge in [0.15, 0.2) is 6.10 Å². The number of piperazine rings is 1. The zero-order valence-corrected chi connectivity index (χ0v) is 11.6. The molecular formula is C15H19F3N2O. The van der Waals surface area contributed by atoms with E-state index in [1.54, 1.807) is 4.90 Å². The second kappa shape index (κ2) is 6.95. The number of aliphatic hydroxyl groups excluding tert-OH is 1. The van der Waals surface area contributed by atoms with Gasteiger partial charge in [0.2, 0.25) is 0 Å². The molecule has 1 atom stereocenters. The van der Waals surface area contributed by atoms with Crippen LogP contribution in [-0.4, -0.2) is 53.4 Å². The van der Waals surface area contributed by atoms with Gasteiger partial charge in [0, 0.05) is 32.7 Å². The van der Waals surface area contributed by atoms with Gasteiger partial charge in [0.05, 0.1) is 0 Å². The van der Waals surface area contributed by atoms with Crippen LogP contribution in [0.3, 0.4) is 0 Å². The Labute approximate surface area is 122 Å². The third kappa shape index (κ3) is 5.06. The average Bonchev–Trinajstić information content (AvgIpc) is 2.46. The molecular weight excluding hydrogens is 281 g/mol. The molecule has 0 saturated carbocycles. The molecule has 1 aromatic carbocycles. The number of halogens is 3. The van der Waals surface area contributed by atoms with E-state index in [4.69, 9.17) is 5.11 Å². The van der Waals surface area contributed by atoms with Crippen molar-refractivity contribution in [1.29, 1.82) is 0 Å². The van der Waals surface area contributed by atoms with Crippen molar-refractivity contribution in [2.45, 2.75) is 18.8 Å². The van der Waals surface area contributed by atoms with Crippen LogP contribution in [-0.2, 0) is 6.54 Å². The summed E-state index contributed by atoms with van der Waals surface area (Å²) in [7, 11) is 0. The number of rotatable bonds is 4. The molecule has 3 nitrogen and oxygen atoms in total. The summed E-state index contributed by atoms with van der Waals surface area (Å²) >= 11 is 0. The number of nitrogens with zero attached hydrogens (tertiary/aromatic N) is 2. The Morgan fingerprint density at radius 2 is 1.71 bits per heavy atom. The zero-order chi connectivity index (χ0) is 15.3.